The fraction of sp³-hybridized carbons (Fsp3) is 0.385. The van der Waals surface area contributed by atoms with Crippen molar-refractivity contribution in [3.05, 3.63) is 40.3 Å². The first-order chi connectivity index (χ1) is 11.4. The molecule has 1 aromatic carbocycles. The molecule has 0 bridgehead atoms. The normalized spacial score (nSPS) is 15.5. The van der Waals surface area contributed by atoms with Gasteiger partial charge in [0.15, 0.2) is 0 Å². The summed E-state index contributed by atoms with van der Waals surface area (Å²) in [5.41, 5.74) is -1.63. The summed E-state index contributed by atoms with van der Waals surface area (Å²) in [5.74, 6) is 0. The highest BCUT2D eigenvalue weighted by atomic mass is 19.4. The van der Waals surface area contributed by atoms with Crippen LogP contribution in [0.3, 0.4) is 0 Å². The Morgan fingerprint density at radius 3 is 2.29 bits per heavy atom. The number of amides is 1. The molecular weight excluding hydrogens is 331 g/mol. The third-order valence-corrected chi connectivity index (χ3v) is 3.48. The van der Waals surface area contributed by atoms with Gasteiger partial charge in [0, 0.05) is 13.1 Å². The van der Waals surface area contributed by atoms with Gasteiger partial charge in [-0.2, -0.15) is 17.9 Å². The van der Waals surface area contributed by atoms with Crippen LogP contribution in [0.4, 0.5) is 18.0 Å². The number of tetrazole rings is 1. The summed E-state index contributed by atoms with van der Waals surface area (Å²) in [6, 6.07) is 3.17. The van der Waals surface area contributed by atoms with Gasteiger partial charge >= 0.3 is 17.9 Å². The molecule has 0 atom stereocenters. The summed E-state index contributed by atoms with van der Waals surface area (Å²) in [6.45, 7) is 1.35. The van der Waals surface area contributed by atoms with Crippen LogP contribution in [0, 0.1) is 0 Å². The molecule has 0 radical (unpaired) electrons. The SMILES string of the molecule is O=C(N1CCOCC1)n1nnn(-c2ccc(C(F)(F)F)cc2)c1=O. The summed E-state index contributed by atoms with van der Waals surface area (Å²) in [5, 5.41) is 7.05. The highest BCUT2D eigenvalue weighted by Crippen LogP contribution is 2.29. The number of benzene rings is 1. The lowest BCUT2D eigenvalue weighted by molar-refractivity contribution is -0.137. The molecule has 0 spiro atoms. The Kier molecular flexibility index (Phi) is 4.09. The minimum Gasteiger partial charge on any atom is -0.378 e. The van der Waals surface area contributed by atoms with E-state index in [9.17, 15) is 22.8 Å². The van der Waals surface area contributed by atoms with Crippen molar-refractivity contribution in [1.82, 2.24) is 24.7 Å². The lowest BCUT2D eigenvalue weighted by atomic mass is 10.2. The maximum absolute atomic E-state index is 12.6. The zero-order valence-corrected chi connectivity index (χ0v) is 12.2. The topological polar surface area (TPSA) is 82.2 Å². The molecule has 8 nitrogen and oxygen atoms in total. The number of aromatic nitrogens is 4. The largest absolute Gasteiger partial charge is 0.416 e. The molecule has 1 fully saturated rings. The first kappa shape index (κ1) is 16.2. The van der Waals surface area contributed by atoms with Gasteiger partial charge in [-0.15, -0.1) is 4.68 Å². The molecule has 1 saturated heterocycles. The summed E-state index contributed by atoms with van der Waals surface area (Å²) in [4.78, 5) is 25.8. The highest BCUT2D eigenvalue weighted by Gasteiger charge is 2.30. The Hall–Kier alpha value is -2.69. The van der Waals surface area contributed by atoms with Crippen LogP contribution < -0.4 is 5.69 Å². The van der Waals surface area contributed by atoms with E-state index in [0.717, 1.165) is 28.9 Å². The molecule has 24 heavy (non-hydrogen) atoms. The molecule has 1 amide bonds. The van der Waals surface area contributed by atoms with Crippen molar-refractivity contribution in [3.8, 4) is 5.69 Å². The van der Waals surface area contributed by atoms with Crippen LogP contribution in [0.15, 0.2) is 29.1 Å². The molecule has 0 unspecified atom stereocenters. The van der Waals surface area contributed by atoms with E-state index in [-0.39, 0.29) is 5.69 Å². The quantitative estimate of drug-likeness (QED) is 0.714. The number of ether oxygens (including phenoxy) is 1. The van der Waals surface area contributed by atoms with E-state index in [1.807, 2.05) is 0 Å². The highest BCUT2D eigenvalue weighted by molar-refractivity contribution is 5.75. The first-order valence-electron chi connectivity index (χ1n) is 6.97. The summed E-state index contributed by atoms with van der Waals surface area (Å²) < 4.78 is 44.1. The van der Waals surface area contributed by atoms with Crippen LogP contribution in [-0.2, 0) is 10.9 Å². The number of alkyl halides is 3. The predicted molar refractivity (Wildman–Crippen MR) is 73.8 cm³/mol. The lowest BCUT2D eigenvalue weighted by Gasteiger charge is -2.25. The molecular formula is C13H12F3N5O3. The molecule has 2 aromatic rings. The minimum atomic E-state index is -4.48. The average molecular weight is 343 g/mol. The summed E-state index contributed by atoms with van der Waals surface area (Å²) in [6.07, 6.45) is -4.48. The van der Waals surface area contributed by atoms with E-state index < -0.39 is 23.5 Å². The van der Waals surface area contributed by atoms with Crippen molar-refractivity contribution in [2.75, 3.05) is 26.3 Å². The third-order valence-electron chi connectivity index (χ3n) is 3.48. The summed E-state index contributed by atoms with van der Waals surface area (Å²) in [7, 11) is 0. The smallest absolute Gasteiger partial charge is 0.378 e. The van der Waals surface area contributed by atoms with Crippen molar-refractivity contribution >= 4 is 6.03 Å². The number of nitrogens with zero attached hydrogens (tertiary/aromatic N) is 5. The van der Waals surface area contributed by atoms with Crippen LogP contribution in [0.2, 0.25) is 0 Å². The van der Waals surface area contributed by atoms with E-state index in [4.69, 9.17) is 4.74 Å². The molecule has 11 heteroatoms. The van der Waals surface area contributed by atoms with Crippen LogP contribution in [0.25, 0.3) is 5.69 Å². The summed E-state index contributed by atoms with van der Waals surface area (Å²) >= 11 is 0. The number of carbonyl (C=O) groups excluding carboxylic acids is 1. The molecule has 128 valence electrons. The maximum atomic E-state index is 12.6. The number of morpholine rings is 1. The van der Waals surface area contributed by atoms with Crippen LogP contribution in [-0.4, -0.2) is 57.0 Å². The van der Waals surface area contributed by atoms with Crippen molar-refractivity contribution in [2.45, 2.75) is 6.18 Å². The fourth-order valence-electron chi connectivity index (χ4n) is 2.21. The Morgan fingerprint density at radius 2 is 1.71 bits per heavy atom. The molecule has 1 aliphatic rings. The predicted octanol–water partition coefficient (Wildman–Crippen LogP) is 0.748. The van der Waals surface area contributed by atoms with Gasteiger partial charge in [-0.3, -0.25) is 0 Å². The van der Waals surface area contributed by atoms with Gasteiger partial charge in [0.2, 0.25) is 0 Å². The van der Waals surface area contributed by atoms with Crippen molar-refractivity contribution in [2.24, 2.45) is 0 Å². The fourth-order valence-corrected chi connectivity index (χ4v) is 2.21. The number of carbonyl (C=O) groups is 1. The van der Waals surface area contributed by atoms with Crippen molar-refractivity contribution in [1.29, 1.82) is 0 Å². The molecule has 0 saturated carbocycles. The minimum absolute atomic E-state index is 0.0778. The number of hydrogen-bond acceptors (Lipinski definition) is 5. The zero-order valence-electron chi connectivity index (χ0n) is 12.2. The van der Waals surface area contributed by atoms with Gasteiger partial charge in [-0.25, -0.2) is 9.59 Å². The van der Waals surface area contributed by atoms with Crippen LogP contribution >= 0.6 is 0 Å². The average Bonchev–Trinajstić information content (AvgIpc) is 2.96. The Balaban J connectivity index is 1.87. The first-order valence-corrected chi connectivity index (χ1v) is 6.97. The Labute approximate surface area is 133 Å². The van der Waals surface area contributed by atoms with Crippen LogP contribution in [0.1, 0.15) is 5.56 Å². The van der Waals surface area contributed by atoms with E-state index in [1.54, 1.807) is 0 Å². The van der Waals surface area contributed by atoms with E-state index in [1.165, 1.54) is 4.90 Å². The van der Waals surface area contributed by atoms with Gasteiger partial charge < -0.3 is 9.64 Å². The molecule has 1 aliphatic heterocycles. The number of hydrogen-bond donors (Lipinski definition) is 0. The third kappa shape index (κ3) is 3.02. The van der Waals surface area contributed by atoms with E-state index >= 15 is 0 Å². The molecule has 2 heterocycles. The lowest BCUT2D eigenvalue weighted by Crippen LogP contribution is -2.46. The second-order valence-electron chi connectivity index (χ2n) is 5.01. The second-order valence-corrected chi connectivity index (χ2v) is 5.01. The zero-order chi connectivity index (χ0) is 17.3. The Bertz CT molecular complexity index is 790. The molecule has 3 rings (SSSR count). The van der Waals surface area contributed by atoms with Gasteiger partial charge in [0.1, 0.15) is 0 Å². The second kappa shape index (κ2) is 6.07. The monoisotopic (exact) mass is 343 g/mol. The Morgan fingerprint density at radius 1 is 1.08 bits per heavy atom. The molecule has 1 aromatic heterocycles. The van der Waals surface area contributed by atoms with Crippen LogP contribution in [0.5, 0.6) is 0 Å². The molecule has 0 N–H and O–H groups in total. The van der Waals surface area contributed by atoms with Gasteiger partial charge in [-0.1, -0.05) is 0 Å². The van der Waals surface area contributed by atoms with E-state index in [0.29, 0.717) is 31.0 Å². The molecule has 0 aliphatic carbocycles. The van der Waals surface area contributed by atoms with Crippen molar-refractivity contribution < 1.29 is 22.7 Å². The standard InChI is InChI=1S/C13H12F3N5O3/c14-13(15,16)9-1-3-10(4-2-9)20-12(23)21(18-17-20)11(22)19-5-7-24-8-6-19/h1-4H,5-8H2. The van der Waals surface area contributed by atoms with Gasteiger partial charge in [-0.05, 0) is 34.7 Å². The van der Waals surface area contributed by atoms with Gasteiger partial charge in [0.25, 0.3) is 0 Å². The number of halogens is 3. The maximum Gasteiger partial charge on any atom is 0.416 e. The van der Waals surface area contributed by atoms with Crippen molar-refractivity contribution in [3.63, 3.8) is 0 Å². The van der Waals surface area contributed by atoms with Gasteiger partial charge in [0.05, 0.1) is 24.5 Å². The van der Waals surface area contributed by atoms with E-state index in [2.05, 4.69) is 10.4 Å². The number of rotatable bonds is 1.